The topological polar surface area (TPSA) is 48.7 Å². The third-order valence-corrected chi connectivity index (χ3v) is 13.6. The molecule has 0 N–H and O–H groups in total. The first-order chi connectivity index (χ1) is 21.2. The summed E-state index contributed by atoms with van der Waals surface area (Å²) in [5.41, 5.74) is 1.99. The maximum absolute atomic E-state index is 13.1. The Morgan fingerprint density at radius 2 is 1.56 bits per heavy atom. The summed E-state index contributed by atoms with van der Waals surface area (Å²) in [5.74, 6) is 7.66. The summed E-state index contributed by atoms with van der Waals surface area (Å²) >= 11 is 3.48. The fourth-order valence-corrected chi connectivity index (χ4v) is 10.1. The summed E-state index contributed by atoms with van der Waals surface area (Å²) in [5, 5.41) is 3.11. The maximum atomic E-state index is 13.1. The Hall–Kier alpha value is -3.11. The van der Waals surface area contributed by atoms with Gasteiger partial charge in [-0.1, -0.05) is 121 Å². The number of hydrogen-bond acceptors (Lipinski definition) is 4. The molecular formula is C39H49BrO4Si. The summed E-state index contributed by atoms with van der Waals surface area (Å²) in [6, 6.07) is 23.0. The predicted molar refractivity (Wildman–Crippen MR) is 194 cm³/mol. The molecule has 3 rings (SSSR count). The molecule has 0 amide bonds. The van der Waals surface area contributed by atoms with Gasteiger partial charge in [-0.2, -0.15) is 0 Å². The van der Waals surface area contributed by atoms with Gasteiger partial charge in [-0.25, -0.2) is 4.79 Å². The Labute approximate surface area is 280 Å². The second kappa shape index (κ2) is 15.9. The number of benzene rings is 2. The zero-order valence-corrected chi connectivity index (χ0v) is 30.8. The largest absolute Gasteiger partial charge is 0.461 e. The number of esters is 1. The summed E-state index contributed by atoms with van der Waals surface area (Å²) in [7, 11) is -2.63. The number of carbonyl (C=O) groups excluding carboxylic acids is 1. The summed E-state index contributed by atoms with van der Waals surface area (Å²) < 4.78 is 18.8. The number of rotatable bonds is 12. The van der Waals surface area contributed by atoms with Gasteiger partial charge in [-0.3, -0.25) is 0 Å². The third kappa shape index (κ3) is 9.94. The predicted octanol–water partition coefficient (Wildman–Crippen LogP) is 9.13. The van der Waals surface area contributed by atoms with E-state index in [1.165, 1.54) is 10.4 Å². The fraction of sp³-hybridized carbons (Fsp3) is 0.410. The van der Waals surface area contributed by atoms with E-state index in [4.69, 9.17) is 13.6 Å². The molecule has 1 atom stereocenters. The van der Waals surface area contributed by atoms with Gasteiger partial charge in [0.05, 0.1) is 6.61 Å². The van der Waals surface area contributed by atoms with Crippen molar-refractivity contribution in [3.63, 3.8) is 0 Å². The second-order valence-corrected chi connectivity index (χ2v) is 18.6. The molecule has 0 aliphatic rings. The van der Waals surface area contributed by atoms with Crippen LogP contribution in [0.3, 0.4) is 0 Å². The van der Waals surface area contributed by atoms with Gasteiger partial charge in [0.1, 0.15) is 22.7 Å². The standard InChI is InChI=1S/C39H49BrO4Si/c1-29(2)31(26-36-35(37(41)44-38(4,5)6)27-32(43-36)25-30(3)28-40)19-13-12-18-24-42-45(39(7,8)9,33-20-14-10-15-21-33)34-22-16-11-17-23-34/h10-11,14-17,20-23,25,27,31H,1,13,19,24,26,28H2,2-9H3/b30-25+. The lowest BCUT2D eigenvalue weighted by Gasteiger charge is -2.42. The molecule has 0 saturated heterocycles. The van der Waals surface area contributed by atoms with Crippen molar-refractivity contribution in [2.75, 3.05) is 11.9 Å². The molecule has 1 aromatic heterocycles. The van der Waals surface area contributed by atoms with Crippen molar-refractivity contribution in [1.82, 2.24) is 0 Å². The van der Waals surface area contributed by atoms with Crippen LogP contribution in [0.4, 0.5) is 0 Å². The molecule has 0 fully saturated rings. The molecular weight excluding hydrogens is 640 g/mol. The van der Waals surface area contributed by atoms with Crippen LogP contribution in [0.1, 0.15) is 90.1 Å². The number of halogens is 1. The first-order valence-corrected chi connectivity index (χ1v) is 18.7. The van der Waals surface area contributed by atoms with E-state index in [1.54, 1.807) is 6.07 Å². The Morgan fingerprint density at radius 3 is 2.04 bits per heavy atom. The molecule has 1 heterocycles. The van der Waals surface area contributed by atoms with Crippen molar-refractivity contribution in [3.05, 3.63) is 102 Å². The minimum atomic E-state index is -2.63. The van der Waals surface area contributed by atoms with E-state index in [-0.39, 0.29) is 16.9 Å². The zero-order chi connectivity index (χ0) is 33.3. The molecule has 0 spiro atoms. The van der Waals surface area contributed by atoms with Crippen LogP contribution >= 0.6 is 15.9 Å². The van der Waals surface area contributed by atoms with Crippen LogP contribution in [-0.4, -0.2) is 31.8 Å². The Bertz CT molecular complexity index is 1470. The molecule has 0 aliphatic carbocycles. The minimum absolute atomic E-state index is 0.0957. The summed E-state index contributed by atoms with van der Waals surface area (Å²) in [4.78, 5) is 13.1. The SMILES string of the molecule is C=C(C)C(CCC#CCO[Si](c1ccccc1)(c1ccccc1)C(C)(C)C)Cc1oc(/C=C(\C)CBr)cc1C(=O)OC(C)(C)C. The normalized spacial score (nSPS) is 13.1. The highest BCUT2D eigenvalue weighted by molar-refractivity contribution is 9.09. The molecule has 240 valence electrons. The lowest BCUT2D eigenvalue weighted by Crippen LogP contribution is -2.66. The van der Waals surface area contributed by atoms with E-state index in [0.717, 1.165) is 22.9 Å². The lowest BCUT2D eigenvalue weighted by molar-refractivity contribution is 0.00669. The number of allylic oxidation sites excluding steroid dienone is 2. The van der Waals surface area contributed by atoms with Crippen LogP contribution in [0.2, 0.25) is 5.04 Å². The maximum Gasteiger partial charge on any atom is 0.342 e. The molecule has 0 aliphatic heterocycles. The van der Waals surface area contributed by atoms with Gasteiger partial charge in [0.2, 0.25) is 0 Å². The number of hydrogen-bond donors (Lipinski definition) is 0. The molecule has 0 bridgehead atoms. The van der Waals surface area contributed by atoms with E-state index in [9.17, 15) is 4.79 Å². The highest BCUT2D eigenvalue weighted by atomic mass is 79.9. The van der Waals surface area contributed by atoms with Crippen LogP contribution in [0, 0.1) is 17.8 Å². The van der Waals surface area contributed by atoms with Gasteiger partial charge in [0.15, 0.2) is 0 Å². The van der Waals surface area contributed by atoms with Gasteiger partial charge in [-0.15, -0.1) is 5.92 Å². The van der Waals surface area contributed by atoms with Crippen molar-refractivity contribution in [2.24, 2.45) is 5.92 Å². The first kappa shape index (κ1) is 36.4. The third-order valence-electron chi connectivity index (χ3n) is 7.70. The van der Waals surface area contributed by atoms with Crippen LogP contribution in [0.5, 0.6) is 0 Å². The molecule has 4 nitrogen and oxygen atoms in total. The Kier molecular flexibility index (Phi) is 12.9. The van der Waals surface area contributed by atoms with Gasteiger partial charge in [0, 0.05) is 18.2 Å². The number of alkyl halides is 1. The van der Waals surface area contributed by atoms with Crippen molar-refractivity contribution >= 4 is 46.7 Å². The van der Waals surface area contributed by atoms with Crippen molar-refractivity contribution in [2.45, 2.75) is 85.3 Å². The highest BCUT2D eigenvalue weighted by Crippen LogP contribution is 2.36. The zero-order valence-electron chi connectivity index (χ0n) is 28.3. The van der Waals surface area contributed by atoms with E-state index in [1.807, 2.05) is 40.7 Å². The Balaban J connectivity index is 1.79. The molecule has 1 unspecified atom stereocenters. The van der Waals surface area contributed by atoms with Crippen molar-refractivity contribution in [3.8, 4) is 11.8 Å². The van der Waals surface area contributed by atoms with Crippen LogP contribution in [0.25, 0.3) is 6.08 Å². The van der Waals surface area contributed by atoms with Gasteiger partial charge < -0.3 is 13.6 Å². The quantitative estimate of drug-likeness (QED) is 0.0626. The summed E-state index contributed by atoms with van der Waals surface area (Å²) in [6.45, 7) is 21.1. The van der Waals surface area contributed by atoms with Gasteiger partial charge >= 0.3 is 5.97 Å². The second-order valence-electron chi connectivity index (χ2n) is 13.7. The molecule has 6 heteroatoms. The first-order valence-electron chi connectivity index (χ1n) is 15.6. The monoisotopic (exact) mass is 688 g/mol. The van der Waals surface area contributed by atoms with Crippen LogP contribution in [0.15, 0.2) is 88.9 Å². The highest BCUT2D eigenvalue weighted by Gasteiger charge is 2.50. The molecule has 0 saturated carbocycles. The Morgan fingerprint density at radius 1 is 0.978 bits per heavy atom. The average molecular weight is 690 g/mol. The molecule has 45 heavy (non-hydrogen) atoms. The summed E-state index contributed by atoms with van der Waals surface area (Å²) in [6.07, 6.45) is 3.96. The molecule has 0 radical (unpaired) electrons. The van der Waals surface area contributed by atoms with Crippen LogP contribution in [-0.2, 0) is 15.6 Å². The molecule has 3 aromatic rings. The number of furan rings is 1. The molecule has 2 aromatic carbocycles. The average Bonchev–Trinajstić information content (AvgIpc) is 3.37. The number of carbonyl (C=O) groups is 1. The number of ether oxygens (including phenoxy) is 1. The van der Waals surface area contributed by atoms with E-state index < -0.39 is 13.9 Å². The van der Waals surface area contributed by atoms with E-state index in [0.29, 0.717) is 36.5 Å². The van der Waals surface area contributed by atoms with Crippen molar-refractivity contribution in [1.29, 1.82) is 0 Å². The van der Waals surface area contributed by atoms with Crippen LogP contribution < -0.4 is 10.4 Å². The van der Waals surface area contributed by atoms with E-state index >= 15 is 0 Å². The minimum Gasteiger partial charge on any atom is -0.461 e. The smallest absolute Gasteiger partial charge is 0.342 e. The lowest BCUT2D eigenvalue weighted by atomic mass is 9.91. The van der Waals surface area contributed by atoms with Crippen molar-refractivity contribution < 1.29 is 18.4 Å². The fourth-order valence-electron chi connectivity index (χ4n) is 5.50. The van der Waals surface area contributed by atoms with E-state index in [2.05, 4.69) is 116 Å². The van der Waals surface area contributed by atoms with Gasteiger partial charge in [-0.05, 0) is 74.5 Å². The van der Waals surface area contributed by atoms with Gasteiger partial charge in [0.25, 0.3) is 8.32 Å².